The Kier molecular flexibility index (Phi) is 8.06. The highest BCUT2D eigenvalue weighted by molar-refractivity contribution is 6.46. The third kappa shape index (κ3) is 5.76. The fourth-order valence-corrected chi connectivity index (χ4v) is 4.29. The van der Waals surface area contributed by atoms with Gasteiger partial charge in [-0.3, -0.25) is 9.59 Å². The Morgan fingerprint density at radius 1 is 1.09 bits per heavy atom. The highest BCUT2D eigenvalue weighted by Gasteiger charge is 2.46. The zero-order valence-electron chi connectivity index (χ0n) is 22.0. The number of hydrogen-bond donors (Lipinski definition) is 1. The van der Waals surface area contributed by atoms with Gasteiger partial charge in [-0.2, -0.15) is 0 Å². The second kappa shape index (κ2) is 10.6. The minimum atomic E-state index is -0.656. The molecular weight excluding hydrogens is 440 g/mol. The molecule has 1 N–H and O–H groups in total. The van der Waals surface area contributed by atoms with Gasteiger partial charge in [0.05, 0.1) is 18.2 Å². The van der Waals surface area contributed by atoms with Gasteiger partial charge in [-0.15, -0.1) is 0 Å². The average molecular weight is 479 g/mol. The summed E-state index contributed by atoms with van der Waals surface area (Å²) in [4.78, 5) is 29.9. The van der Waals surface area contributed by atoms with Crippen LogP contribution in [0.5, 0.6) is 5.75 Å². The maximum Gasteiger partial charge on any atom is 0.295 e. The van der Waals surface area contributed by atoms with Gasteiger partial charge in [0.1, 0.15) is 11.5 Å². The first-order valence-corrected chi connectivity index (χ1v) is 12.2. The molecular formula is C29H38N2O4. The van der Waals surface area contributed by atoms with E-state index in [1.807, 2.05) is 63.2 Å². The lowest BCUT2D eigenvalue weighted by Crippen LogP contribution is -2.35. The number of rotatable bonds is 8. The zero-order valence-corrected chi connectivity index (χ0v) is 22.0. The molecule has 2 aromatic rings. The number of likely N-dealkylation sites (N-methyl/N-ethyl adjacent to an activating group) is 1. The number of nitrogens with zero attached hydrogens (tertiary/aromatic N) is 2. The molecule has 6 heteroatoms. The molecule has 1 amide bonds. The van der Waals surface area contributed by atoms with Crippen molar-refractivity contribution < 1.29 is 19.4 Å². The van der Waals surface area contributed by atoms with E-state index in [2.05, 4.69) is 20.8 Å². The Balaban J connectivity index is 2.12. The fourth-order valence-electron chi connectivity index (χ4n) is 4.29. The van der Waals surface area contributed by atoms with E-state index in [0.29, 0.717) is 31.0 Å². The topological polar surface area (TPSA) is 70.1 Å². The van der Waals surface area contributed by atoms with Gasteiger partial charge in [0.15, 0.2) is 0 Å². The third-order valence-electron chi connectivity index (χ3n) is 6.35. The molecule has 1 saturated heterocycles. The van der Waals surface area contributed by atoms with Crippen LogP contribution in [0, 0.1) is 6.92 Å². The van der Waals surface area contributed by atoms with E-state index < -0.39 is 17.7 Å². The highest BCUT2D eigenvalue weighted by Crippen LogP contribution is 2.40. The third-order valence-corrected chi connectivity index (χ3v) is 6.35. The molecule has 0 unspecified atom stereocenters. The number of aryl methyl sites for hydroxylation is 1. The summed E-state index contributed by atoms with van der Waals surface area (Å²) in [5.74, 6) is -0.683. The predicted molar refractivity (Wildman–Crippen MR) is 140 cm³/mol. The van der Waals surface area contributed by atoms with Crippen LogP contribution in [0.2, 0.25) is 0 Å². The van der Waals surface area contributed by atoms with Crippen molar-refractivity contribution in [3.63, 3.8) is 0 Å². The summed E-state index contributed by atoms with van der Waals surface area (Å²) in [6.45, 7) is 11.9. The van der Waals surface area contributed by atoms with Gasteiger partial charge in [-0.05, 0) is 67.7 Å². The number of benzene rings is 2. The lowest BCUT2D eigenvalue weighted by atomic mass is 9.85. The monoisotopic (exact) mass is 478 g/mol. The zero-order chi connectivity index (χ0) is 25.9. The summed E-state index contributed by atoms with van der Waals surface area (Å²) < 4.78 is 5.70. The number of carbonyl (C=O) groups excluding carboxylic acids is 2. The predicted octanol–water partition coefficient (Wildman–Crippen LogP) is 5.06. The first-order valence-electron chi connectivity index (χ1n) is 12.2. The summed E-state index contributed by atoms with van der Waals surface area (Å²) in [6.07, 6.45) is 0.894. The van der Waals surface area contributed by atoms with Crippen LogP contribution in [0.15, 0.2) is 48.0 Å². The molecule has 3 rings (SSSR count). The van der Waals surface area contributed by atoms with Crippen molar-refractivity contribution in [3.05, 3.63) is 70.3 Å². The number of Topliss-reactive ketones (excluding diaryl/α,β-unsaturated/α-hetero) is 1. The smallest absolute Gasteiger partial charge is 0.295 e. The summed E-state index contributed by atoms with van der Waals surface area (Å²) in [5, 5.41) is 11.4. The van der Waals surface area contributed by atoms with Crippen molar-refractivity contribution in [2.24, 2.45) is 0 Å². The standard InChI is InChI=1S/C29H38N2O4/c1-8-17-35-22-13-14-23(19(2)18-22)26(32)24-25(20-9-11-21(12-10-20)29(3,4)5)31(16-15-30(6)7)28(34)27(24)33/h9-14,18,25,32H,8,15-17H2,1-7H3/t25-/m0/s1. The van der Waals surface area contributed by atoms with Crippen molar-refractivity contribution in [3.8, 4) is 5.75 Å². The highest BCUT2D eigenvalue weighted by atomic mass is 16.5. The number of ether oxygens (including phenoxy) is 1. The summed E-state index contributed by atoms with van der Waals surface area (Å²) in [5.41, 5.74) is 3.36. The molecule has 1 aliphatic heterocycles. The molecule has 0 bridgehead atoms. The molecule has 0 spiro atoms. The Hall–Kier alpha value is -3.12. The molecule has 188 valence electrons. The van der Waals surface area contributed by atoms with E-state index in [1.54, 1.807) is 17.0 Å². The van der Waals surface area contributed by atoms with E-state index >= 15 is 0 Å². The number of aliphatic hydroxyl groups is 1. The maximum absolute atomic E-state index is 13.3. The minimum Gasteiger partial charge on any atom is -0.507 e. The number of hydrogen-bond acceptors (Lipinski definition) is 5. The molecule has 35 heavy (non-hydrogen) atoms. The number of carbonyl (C=O) groups is 2. The van der Waals surface area contributed by atoms with E-state index in [1.165, 1.54) is 0 Å². The van der Waals surface area contributed by atoms with Crippen LogP contribution in [0.4, 0.5) is 0 Å². The molecule has 0 aliphatic carbocycles. The van der Waals surface area contributed by atoms with Crippen LogP contribution in [0.3, 0.4) is 0 Å². The first-order chi connectivity index (χ1) is 16.5. The summed E-state index contributed by atoms with van der Waals surface area (Å²) in [6, 6.07) is 12.7. The van der Waals surface area contributed by atoms with E-state index in [-0.39, 0.29) is 16.7 Å². The molecule has 1 fully saturated rings. The Bertz CT molecular complexity index is 1110. The normalized spacial score (nSPS) is 17.9. The molecule has 0 radical (unpaired) electrons. The Morgan fingerprint density at radius 2 is 1.74 bits per heavy atom. The summed E-state index contributed by atoms with van der Waals surface area (Å²) >= 11 is 0. The second-order valence-corrected chi connectivity index (χ2v) is 10.5. The van der Waals surface area contributed by atoms with Crippen molar-refractivity contribution in [2.75, 3.05) is 33.8 Å². The van der Waals surface area contributed by atoms with Crippen LogP contribution in [-0.4, -0.2) is 60.4 Å². The van der Waals surface area contributed by atoms with E-state index in [0.717, 1.165) is 23.1 Å². The molecule has 0 saturated carbocycles. The van der Waals surface area contributed by atoms with Crippen molar-refractivity contribution >= 4 is 17.4 Å². The van der Waals surface area contributed by atoms with Gasteiger partial charge in [0, 0.05) is 18.7 Å². The van der Waals surface area contributed by atoms with Crippen LogP contribution in [0.25, 0.3) is 5.76 Å². The lowest BCUT2D eigenvalue weighted by molar-refractivity contribution is -0.140. The van der Waals surface area contributed by atoms with Crippen LogP contribution in [0.1, 0.15) is 62.4 Å². The lowest BCUT2D eigenvalue weighted by Gasteiger charge is -2.27. The SMILES string of the molecule is CCCOc1ccc(C(O)=C2C(=O)C(=O)N(CCN(C)C)[C@H]2c2ccc(C(C)(C)C)cc2)c(C)c1. The van der Waals surface area contributed by atoms with Crippen molar-refractivity contribution in [1.82, 2.24) is 9.80 Å². The van der Waals surface area contributed by atoms with Gasteiger partial charge < -0.3 is 19.6 Å². The molecule has 1 aliphatic rings. The molecule has 2 aromatic carbocycles. The largest absolute Gasteiger partial charge is 0.507 e. The maximum atomic E-state index is 13.3. The number of aliphatic hydroxyl groups excluding tert-OH is 1. The first kappa shape index (κ1) is 26.5. The second-order valence-electron chi connectivity index (χ2n) is 10.5. The van der Waals surface area contributed by atoms with E-state index in [4.69, 9.17) is 4.74 Å². The van der Waals surface area contributed by atoms with Crippen LogP contribution >= 0.6 is 0 Å². The van der Waals surface area contributed by atoms with Gasteiger partial charge in [0.2, 0.25) is 0 Å². The van der Waals surface area contributed by atoms with Crippen molar-refractivity contribution in [2.45, 2.75) is 52.5 Å². The van der Waals surface area contributed by atoms with Gasteiger partial charge in [-0.1, -0.05) is 52.0 Å². The summed E-state index contributed by atoms with van der Waals surface area (Å²) in [7, 11) is 3.85. The Morgan fingerprint density at radius 3 is 2.29 bits per heavy atom. The molecule has 0 aromatic heterocycles. The quantitative estimate of drug-likeness (QED) is 0.326. The van der Waals surface area contributed by atoms with Crippen molar-refractivity contribution in [1.29, 1.82) is 0 Å². The van der Waals surface area contributed by atoms with E-state index in [9.17, 15) is 14.7 Å². The van der Waals surface area contributed by atoms with Gasteiger partial charge in [0.25, 0.3) is 11.7 Å². The number of amides is 1. The molecule has 1 heterocycles. The van der Waals surface area contributed by atoms with Crippen LogP contribution < -0.4 is 4.74 Å². The average Bonchev–Trinajstić information content (AvgIpc) is 3.05. The molecule has 6 nitrogen and oxygen atoms in total. The van der Waals surface area contributed by atoms with Gasteiger partial charge >= 0.3 is 0 Å². The fraction of sp³-hybridized carbons (Fsp3) is 0.448. The number of ketones is 1. The molecule has 1 atom stereocenters. The minimum absolute atomic E-state index is 0.0238. The number of likely N-dealkylation sites (tertiary alicyclic amines) is 1. The Labute approximate surface area is 209 Å². The van der Waals surface area contributed by atoms with Gasteiger partial charge in [-0.25, -0.2) is 0 Å². The van der Waals surface area contributed by atoms with Crippen LogP contribution in [-0.2, 0) is 15.0 Å².